The van der Waals surface area contributed by atoms with Gasteiger partial charge in [0.15, 0.2) is 4.80 Å². The number of hydrogen-bond donors (Lipinski definition) is 0. The van der Waals surface area contributed by atoms with E-state index in [1.165, 1.54) is 11.3 Å². The van der Waals surface area contributed by atoms with Gasteiger partial charge in [-0.1, -0.05) is 47.6 Å². The fraction of sp³-hybridized carbons (Fsp3) is 0.276. The zero-order valence-electron chi connectivity index (χ0n) is 21.2. The summed E-state index contributed by atoms with van der Waals surface area (Å²) < 4.78 is 19.0. The molecule has 0 N–H and O–H groups in total. The first-order valence-corrected chi connectivity index (χ1v) is 12.8. The molecule has 2 aromatic carbocycles. The smallest absolute Gasteiger partial charge is 0.338 e. The van der Waals surface area contributed by atoms with Gasteiger partial charge >= 0.3 is 5.97 Å². The number of ether oxygens (including phenoxy) is 3. The Hall–Kier alpha value is -4.09. The Bertz CT molecular complexity index is 1570. The summed E-state index contributed by atoms with van der Waals surface area (Å²) in [7, 11) is 0. The summed E-state index contributed by atoms with van der Waals surface area (Å²) in [4.78, 5) is 32.1. The van der Waals surface area contributed by atoms with E-state index in [0.717, 1.165) is 5.56 Å². The number of terminal acetylenes is 1. The minimum atomic E-state index is -0.752. The number of hydrogen-bond acceptors (Lipinski definition) is 7. The normalized spacial score (nSPS) is 15.1. The second kappa shape index (κ2) is 11.3. The average Bonchev–Trinajstić information content (AvgIpc) is 3.16. The first-order chi connectivity index (χ1) is 17.8. The van der Waals surface area contributed by atoms with E-state index in [2.05, 4.69) is 10.9 Å². The third-order valence-corrected chi connectivity index (χ3v) is 6.55. The van der Waals surface area contributed by atoms with Crippen LogP contribution in [0.1, 0.15) is 44.9 Å². The molecule has 8 heteroatoms. The van der Waals surface area contributed by atoms with Crippen molar-refractivity contribution in [3.05, 3.63) is 90.6 Å². The molecule has 0 aliphatic carbocycles. The average molecular weight is 517 g/mol. The number of rotatable bonds is 8. The van der Waals surface area contributed by atoms with E-state index in [9.17, 15) is 9.59 Å². The van der Waals surface area contributed by atoms with Gasteiger partial charge in [-0.25, -0.2) is 9.79 Å². The number of esters is 1. The topological polar surface area (TPSA) is 79.1 Å². The highest BCUT2D eigenvalue weighted by Gasteiger charge is 2.35. The number of carbonyl (C=O) groups excluding carboxylic acids is 1. The number of aromatic nitrogens is 1. The van der Waals surface area contributed by atoms with Crippen molar-refractivity contribution < 1.29 is 19.0 Å². The SMILES string of the molecule is C#CCOc1cccc(/C=c2\sc3n(c2=O)C(c2ccccc2OC(C)C)C(C(=O)OCC)=C(C)N=3)c1. The van der Waals surface area contributed by atoms with Gasteiger partial charge in [-0.3, -0.25) is 9.36 Å². The van der Waals surface area contributed by atoms with E-state index in [0.29, 0.717) is 37.7 Å². The molecule has 1 unspecified atom stereocenters. The largest absolute Gasteiger partial charge is 0.491 e. The lowest BCUT2D eigenvalue weighted by Gasteiger charge is -2.26. The molecule has 0 saturated heterocycles. The van der Waals surface area contributed by atoms with Gasteiger partial charge in [0.25, 0.3) is 5.56 Å². The first-order valence-electron chi connectivity index (χ1n) is 12.0. The summed E-state index contributed by atoms with van der Waals surface area (Å²) in [6, 6.07) is 14.0. The van der Waals surface area contributed by atoms with Crippen LogP contribution in [-0.4, -0.2) is 29.9 Å². The molecule has 190 valence electrons. The van der Waals surface area contributed by atoms with Crippen LogP contribution in [0.5, 0.6) is 11.5 Å². The second-order valence-electron chi connectivity index (χ2n) is 8.57. The molecule has 3 aromatic rings. The van der Waals surface area contributed by atoms with Crippen LogP contribution in [0.3, 0.4) is 0 Å². The summed E-state index contributed by atoms with van der Waals surface area (Å²) in [6.45, 7) is 7.71. The molecule has 2 heterocycles. The number of para-hydroxylation sites is 1. The minimum Gasteiger partial charge on any atom is -0.491 e. The molecule has 0 spiro atoms. The molecule has 1 aliphatic rings. The number of thiazole rings is 1. The Kier molecular flexibility index (Phi) is 7.95. The summed E-state index contributed by atoms with van der Waals surface area (Å²) in [5.74, 6) is 3.13. The lowest BCUT2D eigenvalue weighted by atomic mass is 9.95. The lowest BCUT2D eigenvalue weighted by Crippen LogP contribution is -2.40. The highest BCUT2D eigenvalue weighted by atomic mass is 32.1. The van der Waals surface area contributed by atoms with Crippen LogP contribution in [-0.2, 0) is 9.53 Å². The maximum absolute atomic E-state index is 13.8. The van der Waals surface area contributed by atoms with Gasteiger partial charge in [0.2, 0.25) is 0 Å². The summed E-state index contributed by atoms with van der Waals surface area (Å²) in [5.41, 5.74) is 2.01. The van der Waals surface area contributed by atoms with E-state index in [4.69, 9.17) is 20.6 Å². The van der Waals surface area contributed by atoms with Crippen LogP contribution in [0.25, 0.3) is 6.08 Å². The van der Waals surface area contributed by atoms with Crippen LogP contribution < -0.4 is 24.4 Å². The van der Waals surface area contributed by atoms with Gasteiger partial charge in [-0.15, -0.1) is 6.42 Å². The molecular formula is C29H28N2O5S. The van der Waals surface area contributed by atoms with Crippen LogP contribution in [0.15, 0.2) is 69.6 Å². The third kappa shape index (κ3) is 5.52. The Balaban J connectivity index is 1.92. The highest BCUT2D eigenvalue weighted by Crippen LogP contribution is 2.36. The van der Waals surface area contributed by atoms with E-state index >= 15 is 0 Å². The molecule has 7 nitrogen and oxygen atoms in total. The molecule has 1 aromatic heterocycles. The molecule has 1 aliphatic heterocycles. The summed E-state index contributed by atoms with van der Waals surface area (Å²) in [5, 5.41) is 0. The van der Waals surface area contributed by atoms with Gasteiger partial charge in [-0.2, -0.15) is 0 Å². The van der Waals surface area contributed by atoms with Crippen LogP contribution >= 0.6 is 11.3 Å². The summed E-state index contributed by atoms with van der Waals surface area (Å²) in [6.07, 6.45) is 6.97. The standard InChI is InChI=1S/C29H28N2O5S/c1-6-15-35-21-12-10-11-20(16-21)17-24-27(32)31-26(22-13-8-9-14-23(22)36-18(3)4)25(28(33)34-7-2)19(5)30-29(31)37-24/h1,8-14,16-18,26H,7,15H2,2-5H3/b24-17-. The molecule has 0 radical (unpaired) electrons. The van der Waals surface area contributed by atoms with Crippen LogP contribution in [0, 0.1) is 12.3 Å². The van der Waals surface area contributed by atoms with E-state index in [1.807, 2.05) is 56.3 Å². The number of carbonyl (C=O) groups is 1. The molecule has 37 heavy (non-hydrogen) atoms. The fourth-order valence-corrected chi connectivity index (χ4v) is 5.17. The van der Waals surface area contributed by atoms with Crippen molar-refractivity contribution in [1.29, 1.82) is 0 Å². The number of benzene rings is 2. The quantitative estimate of drug-likeness (QED) is 0.338. The zero-order chi connectivity index (χ0) is 26.5. The van der Waals surface area contributed by atoms with E-state index < -0.39 is 12.0 Å². The van der Waals surface area contributed by atoms with Gasteiger partial charge in [0, 0.05) is 5.56 Å². The zero-order valence-corrected chi connectivity index (χ0v) is 22.0. The van der Waals surface area contributed by atoms with Crippen molar-refractivity contribution in [2.24, 2.45) is 4.99 Å². The van der Waals surface area contributed by atoms with Crippen LogP contribution in [0.2, 0.25) is 0 Å². The van der Waals surface area contributed by atoms with Crippen molar-refractivity contribution in [3.63, 3.8) is 0 Å². The van der Waals surface area contributed by atoms with Crippen molar-refractivity contribution in [2.45, 2.75) is 39.8 Å². The third-order valence-electron chi connectivity index (χ3n) is 5.57. The maximum atomic E-state index is 13.8. The number of allylic oxidation sites excluding steroid dienone is 1. The van der Waals surface area contributed by atoms with Crippen molar-refractivity contribution >= 4 is 23.4 Å². The van der Waals surface area contributed by atoms with Gasteiger partial charge in [0.1, 0.15) is 24.1 Å². The van der Waals surface area contributed by atoms with Crippen molar-refractivity contribution in [3.8, 4) is 23.8 Å². The predicted octanol–water partition coefficient (Wildman–Crippen LogP) is 3.60. The first kappa shape index (κ1) is 26.0. The molecule has 4 rings (SSSR count). The van der Waals surface area contributed by atoms with E-state index in [1.54, 1.807) is 30.6 Å². The van der Waals surface area contributed by atoms with Gasteiger partial charge < -0.3 is 14.2 Å². The van der Waals surface area contributed by atoms with Crippen molar-refractivity contribution in [1.82, 2.24) is 4.57 Å². The Morgan fingerprint density at radius 1 is 1.24 bits per heavy atom. The molecule has 0 bridgehead atoms. The number of nitrogens with zero attached hydrogens (tertiary/aromatic N) is 2. The highest BCUT2D eigenvalue weighted by molar-refractivity contribution is 7.07. The maximum Gasteiger partial charge on any atom is 0.338 e. The minimum absolute atomic E-state index is 0.0999. The van der Waals surface area contributed by atoms with Gasteiger partial charge in [0.05, 0.1) is 28.5 Å². The fourth-order valence-electron chi connectivity index (χ4n) is 4.12. The second-order valence-corrected chi connectivity index (χ2v) is 9.58. The van der Waals surface area contributed by atoms with E-state index in [-0.39, 0.29) is 24.9 Å². The molecule has 0 saturated carbocycles. The lowest BCUT2D eigenvalue weighted by molar-refractivity contribution is -0.139. The molecular weight excluding hydrogens is 488 g/mol. The summed E-state index contributed by atoms with van der Waals surface area (Å²) >= 11 is 1.26. The Morgan fingerprint density at radius 3 is 2.76 bits per heavy atom. The number of fused-ring (bicyclic) bond motifs is 1. The molecule has 0 fully saturated rings. The Morgan fingerprint density at radius 2 is 2.03 bits per heavy atom. The monoisotopic (exact) mass is 516 g/mol. The predicted molar refractivity (Wildman–Crippen MR) is 143 cm³/mol. The molecule has 1 atom stereocenters. The van der Waals surface area contributed by atoms with Gasteiger partial charge in [-0.05, 0) is 57.5 Å². The molecule has 0 amide bonds. The van der Waals surface area contributed by atoms with Crippen LogP contribution in [0.4, 0.5) is 0 Å². The Labute approximate surface area is 219 Å². The van der Waals surface area contributed by atoms with Crippen molar-refractivity contribution in [2.75, 3.05) is 13.2 Å².